The third-order valence-electron chi connectivity index (χ3n) is 4.47. The average molecular weight is 597 g/mol. The Morgan fingerprint density at radius 1 is 0.914 bits per heavy atom. The molecule has 0 aliphatic rings. The molecule has 0 aromatic heterocycles. The van der Waals surface area contributed by atoms with E-state index in [0.717, 1.165) is 5.56 Å². The van der Waals surface area contributed by atoms with Crippen LogP contribution in [0.1, 0.15) is 15.9 Å². The van der Waals surface area contributed by atoms with Crippen LogP contribution in [-0.4, -0.2) is 30.1 Å². The molecule has 7 nitrogen and oxygen atoms in total. The second-order valence-corrected chi connectivity index (χ2v) is 9.21. The smallest absolute Gasteiger partial charge is 0.276 e. The maximum absolute atomic E-state index is 12.8. The Kier molecular flexibility index (Phi) is 10.2. The van der Waals surface area contributed by atoms with Gasteiger partial charge in [-0.05, 0) is 54.2 Å². The number of benzene rings is 3. The van der Waals surface area contributed by atoms with Gasteiger partial charge in [0.25, 0.3) is 11.8 Å². The number of hydrazine groups is 1. The minimum absolute atomic E-state index is 0.108. The first kappa shape index (κ1) is 26.7. The molecule has 0 aliphatic carbocycles. The number of carbonyl (C=O) groups is 2. The molecule has 2 amide bonds. The van der Waals surface area contributed by atoms with Crippen molar-refractivity contribution in [2.45, 2.75) is 6.42 Å². The van der Waals surface area contributed by atoms with E-state index in [0.29, 0.717) is 34.0 Å². The quantitative estimate of drug-likeness (QED) is 0.248. The van der Waals surface area contributed by atoms with Crippen molar-refractivity contribution in [1.29, 1.82) is 0 Å². The van der Waals surface area contributed by atoms with Gasteiger partial charge in [0.15, 0.2) is 11.7 Å². The maximum atomic E-state index is 12.8. The molecular weight excluding hydrogens is 577 g/mol. The van der Waals surface area contributed by atoms with Gasteiger partial charge in [-0.1, -0.05) is 69.5 Å². The second kappa shape index (κ2) is 13.3. The molecule has 182 valence electrons. The van der Waals surface area contributed by atoms with Crippen molar-refractivity contribution in [2.75, 3.05) is 13.2 Å². The van der Waals surface area contributed by atoms with Crippen molar-refractivity contribution in [2.24, 2.45) is 0 Å². The number of ether oxygens (including phenoxy) is 2. The van der Waals surface area contributed by atoms with E-state index in [2.05, 4.69) is 32.1 Å². The van der Waals surface area contributed by atoms with Crippen molar-refractivity contribution in [3.05, 3.63) is 92.4 Å². The van der Waals surface area contributed by atoms with Crippen LogP contribution in [0.5, 0.6) is 11.5 Å². The summed E-state index contributed by atoms with van der Waals surface area (Å²) in [6.07, 6.45) is 0.688. The molecule has 0 fully saturated rings. The highest BCUT2D eigenvalue weighted by Gasteiger charge is 2.15. The number of halogens is 3. The van der Waals surface area contributed by atoms with Crippen LogP contribution < -0.4 is 25.6 Å². The Bertz CT molecular complexity index is 1210. The minimum Gasteiger partial charge on any atom is -0.492 e. The van der Waals surface area contributed by atoms with Crippen LogP contribution in [-0.2, 0) is 11.2 Å². The number of amides is 2. The Morgan fingerprint density at radius 3 is 2.40 bits per heavy atom. The van der Waals surface area contributed by atoms with Gasteiger partial charge >= 0.3 is 0 Å². The van der Waals surface area contributed by atoms with Gasteiger partial charge in [0, 0.05) is 15.9 Å². The van der Waals surface area contributed by atoms with Gasteiger partial charge in [0.1, 0.15) is 11.5 Å². The Labute approximate surface area is 226 Å². The summed E-state index contributed by atoms with van der Waals surface area (Å²) in [5.74, 6) is -0.338. The number of hydrogen-bond acceptors (Lipinski definition) is 5. The van der Waals surface area contributed by atoms with Gasteiger partial charge in [0.05, 0.1) is 17.2 Å². The van der Waals surface area contributed by atoms with Gasteiger partial charge in [-0.3, -0.25) is 25.8 Å². The molecule has 0 saturated heterocycles. The predicted octanol–water partition coefficient (Wildman–Crippen LogP) is 5.09. The summed E-state index contributed by atoms with van der Waals surface area (Å²) in [7, 11) is 0. The molecule has 0 bridgehead atoms. The van der Waals surface area contributed by atoms with Crippen molar-refractivity contribution >= 4 is 68.3 Å². The van der Waals surface area contributed by atoms with E-state index >= 15 is 0 Å². The number of carbonyl (C=O) groups excluding carboxylic acids is 2. The molecule has 3 aromatic rings. The van der Waals surface area contributed by atoms with Gasteiger partial charge < -0.3 is 9.47 Å². The van der Waals surface area contributed by atoms with Crippen LogP contribution >= 0.6 is 51.3 Å². The number of rotatable bonds is 8. The van der Waals surface area contributed by atoms with Crippen molar-refractivity contribution in [3.8, 4) is 11.5 Å². The molecule has 11 heteroatoms. The highest BCUT2D eigenvalue weighted by atomic mass is 79.9. The molecule has 0 radical (unpaired) electrons. The molecule has 0 atom stereocenters. The lowest BCUT2D eigenvalue weighted by Crippen LogP contribution is -2.49. The standard InChI is InChI=1S/C24H20BrCl2N3O4S/c25-16-6-8-20(33-11-10-15-4-2-1-3-5-15)18(12-16)23(32)28-24(35)30-29-22(31)14-34-21-9-7-17(26)13-19(21)27/h1-9,12-13H,10-11,14H2,(H,29,31)(H2,28,30,32,35). The van der Waals surface area contributed by atoms with Crippen molar-refractivity contribution < 1.29 is 19.1 Å². The summed E-state index contributed by atoms with van der Waals surface area (Å²) in [5, 5.41) is 3.12. The first-order chi connectivity index (χ1) is 16.8. The van der Waals surface area contributed by atoms with Crippen LogP contribution in [0.3, 0.4) is 0 Å². The molecule has 3 N–H and O–H groups in total. The molecule has 0 heterocycles. The van der Waals surface area contributed by atoms with Crippen molar-refractivity contribution in [1.82, 2.24) is 16.2 Å². The Morgan fingerprint density at radius 2 is 1.66 bits per heavy atom. The molecule has 0 aliphatic heterocycles. The maximum Gasteiger partial charge on any atom is 0.276 e. The third-order valence-corrected chi connectivity index (χ3v) is 5.70. The second-order valence-electron chi connectivity index (χ2n) is 7.04. The van der Waals surface area contributed by atoms with E-state index in [4.69, 9.17) is 44.9 Å². The van der Waals surface area contributed by atoms with Gasteiger partial charge in [-0.15, -0.1) is 0 Å². The fourth-order valence-electron chi connectivity index (χ4n) is 2.83. The summed E-state index contributed by atoms with van der Waals surface area (Å²) < 4.78 is 11.9. The van der Waals surface area contributed by atoms with Crippen LogP contribution in [0.25, 0.3) is 0 Å². The van der Waals surface area contributed by atoms with E-state index < -0.39 is 11.8 Å². The van der Waals surface area contributed by atoms with E-state index in [1.54, 1.807) is 30.3 Å². The zero-order valence-electron chi connectivity index (χ0n) is 18.1. The summed E-state index contributed by atoms with van der Waals surface area (Å²) in [6, 6.07) is 19.6. The van der Waals surface area contributed by atoms with E-state index in [-0.39, 0.29) is 22.3 Å². The van der Waals surface area contributed by atoms with Crippen LogP contribution in [0.4, 0.5) is 0 Å². The molecule has 3 aromatic carbocycles. The first-order valence-corrected chi connectivity index (χ1v) is 12.2. The normalized spacial score (nSPS) is 10.3. The monoisotopic (exact) mass is 595 g/mol. The van der Waals surface area contributed by atoms with Crippen LogP contribution in [0, 0.1) is 0 Å². The predicted molar refractivity (Wildman–Crippen MR) is 143 cm³/mol. The highest BCUT2D eigenvalue weighted by Crippen LogP contribution is 2.27. The van der Waals surface area contributed by atoms with E-state index in [1.807, 2.05) is 30.3 Å². The lowest BCUT2D eigenvalue weighted by molar-refractivity contribution is -0.123. The minimum atomic E-state index is -0.542. The molecular formula is C24H20BrCl2N3O4S. The average Bonchev–Trinajstić information content (AvgIpc) is 2.83. The summed E-state index contributed by atoms with van der Waals surface area (Å²) in [5.41, 5.74) is 6.20. The third kappa shape index (κ3) is 8.70. The fourth-order valence-corrected chi connectivity index (χ4v) is 3.80. The lowest BCUT2D eigenvalue weighted by Gasteiger charge is -2.14. The Hall–Kier alpha value is -2.85. The van der Waals surface area contributed by atoms with E-state index in [9.17, 15) is 9.59 Å². The highest BCUT2D eigenvalue weighted by molar-refractivity contribution is 9.10. The zero-order chi connectivity index (χ0) is 25.2. The summed E-state index contributed by atoms with van der Waals surface area (Å²) in [6.45, 7) is 0.0538. The first-order valence-electron chi connectivity index (χ1n) is 10.3. The van der Waals surface area contributed by atoms with E-state index in [1.165, 1.54) is 6.07 Å². The Balaban J connectivity index is 1.48. The number of thiocarbonyl (C=S) groups is 1. The lowest BCUT2D eigenvalue weighted by atomic mass is 10.1. The number of hydrogen-bond donors (Lipinski definition) is 3. The van der Waals surface area contributed by atoms with Crippen LogP contribution in [0.2, 0.25) is 10.0 Å². The SMILES string of the molecule is O=C(COc1ccc(Cl)cc1Cl)NNC(=S)NC(=O)c1cc(Br)ccc1OCCc1ccccc1. The fraction of sp³-hybridized carbons (Fsp3) is 0.125. The van der Waals surface area contributed by atoms with Gasteiger partial charge in [-0.2, -0.15) is 0 Å². The van der Waals surface area contributed by atoms with Gasteiger partial charge in [0.2, 0.25) is 0 Å². The van der Waals surface area contributed by atoms with Crippen LogP contribution in [0.15, 0.2) is 71.2 Å². The topological polar surface area (TPSA) is 88.7 Å². The molecule has 0 spiro atoms. The largest absolute Gasteiger partial charge is 0.492 e. The summed E-state index contributed by atoms with van der Waals surface area (Å²) >= 11 is 20.3. The van der Waals surface area contributed by atoms with Crippen molar-refractivity contribution in [3.63, 3.8) is 0 Å². The summed E-state index contributed by atoms with van der Waals surface area (Å²) in [4.78, 5) is 24.8. The number of nitrogens with one attached hydrogen (secondary N) is 3. The van der Waals surface area contributed by atoms with Gasteiger partial charge in [-0.25, -0.2) is 0 Å². The molecule has 0 saturated carbocycles. The molecule has 0 unspecified atom stereocenters. The molecule has 35 heavy (non-hydrogen) atoms. The zero-order valence-corrected chi connectivity index (χ0v) is 22.1. The molecule has 3 rings (SSSR count).